The first-order chi connectivity index (χ1) is 10.7. The van der Waals surface area contributed by atoms with Gasteiger partial charge in [-0.25, -0.2) is 0 Å². The maximum Gasteiger partial charge on any atom is 0.306 e. The zero-order valence-electron chi connectivity index (χ0n) is 13.1. The van der Waals surface area contributed by atoms with E-state index >= 15 is 0 Å². The van der Waals surface area contributed by atoms with E-state index in [9.17, 15) is 4.79 Å². The summed E-state index contributed by atoms with van der Waals surface area (Å²) in [5.74, 6) is 0.539. The summed E-state index contributed by atoms with van der Waals surface area (Å²) in [6.07, 6.45) is 5.11. The lowest BCUT2D eigenvalue weighted by atomic mass is 9.96. The van der Waals surface area contributed by atoms with Crippen LogP contribution in [0.15, 0.2) is 36.9 Å². The van der Waals surface area contributed by atoms with Crippen LogP contribution in [0.3, 0.4) is 0 Å². The van der Waals surface area contributed by atoms with Gasteiger partial charge in [-0.3, -0.25) is 4.79 Å². The predicted molar refractivity (Wildman–Crippen MR) is 84.8 cm³/mol. The molecule has 0 saturated carbocycles. The maximum absolute atomic E-state index is 11.6. The number of rotatable bonds is 7. The molecule has 1 aromatic carbocycles. The van der Waals surface area contributed by atoms with E-state index in [1.54, 1.807) is 13.0 Å². The first-order valence-electron chi connectivity index (χ1n) is 7.89. The summed E-state index contributed by atoms with van der Waals surface area (Å²) in [7, 11) is 0. The molecule has 0 spiro atoms. The third-order valence-electron chi connectivity index (χ3n) is 3.69. The lowest BCUT2D eigenvalue weighted by Crippen LogP contribution is -2.24. The maximum atomic E-state index is 11.6. The van der Waals surface area contributed by atoms with Crippen molar-refractivity contribution in [2.75, 3.05) is 13.2 Å². The van der Waals surface area contributed by atoms with Gasteiger partial charge in [-0.05, 0) is 37.5 Å². The topological polar surface area (TPSA) is 44.8 Å². The van der Waals surface area contributed by atoms with Crippen molar-refractivity contribution in [3.63, 3.8) is 0 Å². The summed E-state index contributed by atoms with van der Waals surface area (Å²) in [6.45, 7) is 6.78. The van der Waals surface area contributed by atoms with Crippen molar-refractivity contribution in [1.82, 2.24) is 0 Å². The standard InChI is InChI=1S/C18H24O4/c1-3-14(13-17(19)20-4-2)15-8-10-16(11-9-15)22-18-7-5-6-12-21-18/h3,8-11,14,18H,1,4-7,12-13H2,2H3/t14-,18?/m1/s1. The number of carbonyl (C=O) groups is 1. The Morgan fingerprint density at radius 2 is 2.18 bits per heavy atom. The number of ether oxygens (including phenoxy) is 3. The molecule has 0 N–H and O–H groups in total. The molecule has 1 aliphatic heterocycles. The third-order valence-corrected chi connectivity index (χ3v) is 3.69. The second kappa shape index (κ2) is 8.59. The van der Waals surface area contributed by atoms with E-state index in [-0.39, 0.29) is 18.2 Å². The van der Waals surface area contributed by atoms with E-state index in [4.69, 9.17) is 14.2 Å². The van der Waals surface area contributed by atoms with E-state index in [1.165, 1.54) is 0 Å². The van der Waals surface area contributed by atoms with Gasteiger partial charge in [0, 0.05) is 12.3 Å². The number of benzene rings is 1. The highest BCUT2D eigenvalue weighted by Crippen LogP contribution is 2.25. The largest absolute Gasteiger partial charge is 0.466 e. The Kier molecular flexibility index (Phi) is 6.46. The Balaban J connectivity index is 1.94. The number of carbonyl (C=O) groups excluding carboxylic acids is 1. The monoisotopic (exact) mass is 304 g/mol. The minimum atomic E-state index is -0.205. The Hall–Kier alpha value is -1.81. The van der Waals surface area contributed by atoms with E-state index in [1.807, 2.05) is 24.3 Å². The van der Waals surface area contributed by atoms with Gasteiger partial charge in [-0.1, -0.05) is 18.2 Å². The predicted octanol–water partition coefficient (Wildman–Crippen LogP) is 3.81. The van der Waals surface area contributed by atoms with Gasteiger partial charge in [0.15, 0.2) is 6.29 Å². The molecule has 22 heavy (non-hydrogen) atoms. The van der Waals surface area contributed by atoms with E-state index < -0.39 is 0 Å². The van der Waals surface area contributed by atoms with Gasteiger partial charge in [-0.2, -0.15) is 0 Å². The average Bonchev–Trinajstić information content (AvgIpc) is 2.55. The van der Waals surface area contributed by atoms with Crippen molar-refractivity contribution in [1.29, 1.82) is 0 Å². The van der Waals surface area contributed by atoms with Gasteiger partial charge in [0.2, 0.25) is 0 Å². The van der Waals surface area contributed by atoms with E-state index in [0.29, 0.717) is 13.0 Å². The van der Waals surface area contributed by atoms with Crippen molar-refractivity contribution in [3.05, 3.63) is 42.5 Å². The van der Waals surface area contributed by atoms with Gasteiger partial charge >= 0.3 is 5.97 Å². The normalized spacial score (nSPS) is 19.2. The van der Waals surface area contributed by atoms with Crippen LogP contribution in [-0.2, 0) is 14.3 Å². The smallest absolute Gasteiger partial charge is 0.306 e. The summed E-state index contributed by atoms with van der Waals surface area (Å²) in [4.78, 5) is 11.6. The van der Waals surface area contributed by atoms with Crippen LogP contribution in [0.2, 0.25) is 0 Å². The van der Waals surface area contributed by atoms with Crippen molar-refractivity contribution in [2.45, 2.75) is 44.8 Å². The van der Waals surface area contributed by atoms with Crippen LogP contribution >= 0.6 is 0 Å². The highest BCUT2D eigenvalue weighted by molar-refractivity contribution is 5.71. The number of hydrogen-bond acceptors (Lipinski definition) is 4. The SMILES string of the molecule is C=C[C@H](CC(=O)OCC)c1ccc(OC2CCCCO2)cc1. The molecule has 1 aliphatic rings. The van der Waals surface area contributed by atoms with Gasteiger partial charge in [0.1, 0.15) is 5.75 Å². The molecule has 0 amide bonds. The first-order valence-corrected chi connectivity index (χ1v) is 7.89. The third kappa shape index (κ3) is 4.88. The van der Waals surface area contributed by atoms with Gasteiger partial charge in [-0.15, -0.1) is 6.58 Å². The van der Waals surface area contributed by atoms with Crippen LogP contribution in [0, 0.1) is 0 Å². The Bertz CT molecular complexity index is 474. The first kappa shape index (κ1) is 16.6. The van der Waals surface area contributed by atoms with Gasteiger partial charge in [0.05, 0.1) is 19.6 Å². The van der Waals surface area contributed by atoms with Gasteiger partial charge < -0.3 is 14.2 Å². The highest BCUT2D eigenvalue weighted by atomic mass is 16.7. The molecule has 4 heteroatoms. The average molecular weight is 304 g/mol. The fourth-order valence-corrected chi connectivity index (χ4v) is 2.49. The highest BCUT2D eigenvalue weighted by Gasteiger charge is 2.16. The van der Waals surface area contributed by atoms with Crippen LogP contribution in [0.25, 0.3) is 0 Å². The van der Waals surface area contributed by atoms with Crippen molar-refractivity contribution in [2.24, 2.45) is 0 Å². The summed E-state index contributed by atoms with van der Waals surface area (Å²) >= 11 is 0. The fourth-order valence-electron chi connectivity index (χ4n) is 2.49. The molecule has 1 saturated heterocycles. The van der Waals surface area contributed by atoms with Crippen LogP contribution in [0.5, 0.6) is 5.75 Å². The molecule has 4 nitrogen and oxygen atoms in total. The number of hydrogen-bond donors (Lipinski definition) is 0. The number of esters is 1. The minimum Gasteiger partial charge on any atom is -0.466 e. The van der Waals surface area contributed by atoms with Crippen LogP contribution < -0.4 is 4.74 Å². The van der Waals surface area contributed by atoms with Gasteiger partial charge in [0.25, 0.3) is 0 Å². The zero-order valence-corrected chi connectivity index (χ0v) is 13.1. The molecule has 1 fully saturated rings. The lowest BCUT2D eigenvalue weighted by Gasteiger charge is -2.23. The zero-order chi connectivity index (χ0) is 15.8. The Labute approximate surface area is 132 Å². The fraction of sp³-hybridized carbons (Fsp3) is 0.500. The molecule has 0 aromatic heterocycles. The van der Waals surface area contributed by atoms with Crippen molar-refractivity contribution >= 4 is 5.97 Å². The second-order valence-corrected chi connectivity index (χ2v) is 5.33. The van der Waals surface area contributed by atoms with E-state index in [2.05, 4.69) is 6.58 Å². The second-order valence-electron chi connectivity index (χ2n) is 5.33. The Morgan fingerprint density at radius 3 is 2.77 bits per heavy atom. The molecule has 1 aromatic rings. The number of allylic oxidation sites excluding steroid dienone is 1. The van der Waals surface area contributed by atoms with Crippen LogP contribution in [0.1, 0.15) is 44.1 Å². The molecule has 2 rings (SSSR count). The summed E-state index contributed by atoms with van der Waals surface area (Å²) in [5.41, 5.74) is 1.03. The molecule has 2 atom stereocenters. The van der Waals surface area contributed by atoms with Crippen molar-refractivity contribution < 1.29 is 19.0 Å². The molecular weight excluding hydrogens is 280 g/mol. The molecule has 1 unspecified atom stereocenters. The molecule has 0 aliphatic carbocycles. The summed E-state index contributed by atoms with van der Waals surface area (Å²) < 4.78 is 16.4. The molecule has 0 bridgehead atoms. The molecule has 1 heterocycles. The summed E-state index contributed by atoms with van der Waals surface area (Å²) in [5, 5.41) is 0. The quantitative estimate of drug-likeness (QED) is 0.567. The van der Waals surface area contributed by atoms with Crippen LogP contribution in [0.4, 0.5) is 0 Å². The summed E-state index contributed by atoms with van der Waals surface area (Å²) in [6, 6.07) is 7.75. The minimum absolute atomic E-state index is 0.0426. The Morgan fingerprint density at radius 1 is 1.41 bits per heavy atom. The molecular formula is C18H24O4. The van der Waals surface area contributed by atoms with Crippen molar-refractivity contribution in [3.8, 4) is 5.75 Å². The molecule has 0 radical (unpaired) electrons. The molecule has 120 valence electrons. The lowest BCUT2D eigenvalue weighted by molar-refractivity contribution is -0.143. The van der Waals surface area contributed by atoms with Crippen LogP contribution in [-0.4, -0.2) is 25.5 Å². The van der Waals surface area contributed by atoms with E-state index in [0.717, 1.165) is 37.2 Å².